The second kappa shape index (κ2) is 5.83. The number of hydrogen-bond acceptors (Lipinski definition) is 1. The molecule has 1 aliphatic rings. The van der Waals surface area contributed by atoms with E-state index in [1.54, 1.807) is 13.0 Å². The maximum absolute atomic E-state index is 13.5. The van der Waals surface area contributed by atoms with Crippen molar-refractivity contribution in [3.05, 3.63) is 35.1 Å². The molecule has 0 bridgehead atoms. The maximum atomic E-state index is 13.5. The van der Waals surface area contributed by atoms with Crippen LogP contribution in [-0.2, 0) is 0 Å². The van der Waals surface area contributed by atoms with Crippen LogP contribution in [0, 0.1) is 18.7 Å². The van der Waals surface area contributed by atoms with Crippen LogP contribution in [0.5, 0.6) is 0 Å². The van der Waals surface area contributed by atoms with Crippen molar-refractivity contribution in [2.75, 3.05) is 0 Å². The van der Waals surface area contributed by atoms with Crippen LogP contribution in [0.4, 0.5) is 4.39 Å². The molecule has 1 fully saturated rings. The number of benzene rings is 1. The zero-order valence-corrected chi connectivity index (χ0v) is 11.7. The minimum Gasteiger partial charge on any atom is -0.307 e. The van der Waals surface area contributed by atoms with Gasteiger partial charge in [-0.3, -0.25) is 0 Å². The van der Waals surface area contributed by atoms with Crippen molar-refractivity contribution in [3.8, 4) is 0 Å². The topological polar surface area (TPSA) is 12.0 Å². The standard InChI is InChI=1S/C16H24FN/c1-4-13-6-8-15(9-13)18-12(3)14-7-5-11(2)16(17)10-14/h5,7,10,12-13,15,18H,4,6,8-9H2,1-3H3. The van der Waals surface area contributed by atoms with Gasteiger partial charge >= 0.3 is 0 Å². The zero-order chi connectivity index (χ0) is 13.1. The van der Waals surface area contributed by atoms with E-state index in [2.05, 4.69) is 19.2 Å². The minimum atomic E-state index is -0.0981. The van der Waals surface area contributed by atoms with E-state index in [4.69, 9.17) is 0 Å². The van der Waals surface area contributed by atoms with Gasteiger partial charge in [-0.05, 0) is 56.2 Å². The first-order chi connectivity index (χ1) is 8.60. The van der Waals surface area contributed by atoms with Crippen molar-refractivity contribution in [2.24, 2.45) is 5.92 Å². The van der Waals surface area contributed by atoms with Gasteiger partial charge in [0.2, 0.25) is 0 Å². The largest absolute Gasteiger partial charge is 0.307 e. The molecule has 1 aromatic carbocycles. The highest BCUT2D eigenvalue weighted by Crippen LogP contribution is 2.29. The Morgan fingerprint density at radius 3 is 2.78 bits per heavy atom. The zero-order valence-electron chi connectivity index (χ0n) is 11.7. The van der Waals surface area contributed by atoms with E-state index in [9.17, 15) is 4.39 Å². The van der Waals surface area contributed by atoms with Crippen LogP contribution in [0.15, 0.2) is 18.2 Å². The number of halogens is 1. The monoisotopic (exact) mass is 249 g/mol. The van der Waals surface area contributed by atoms with Gasteiger partial charge in [0.1, 0.15) is 5.82 Å². The van der Waals surface area contributed by atoms with Gasteiger partial charge < -0.3 is 5.32 Å². The number of nitrogens with one attached hydrogen (secondary N) is 1. The Balaban J connectivity index is 1.95. The van der Waals surface area contributed by atoms with Crippen molar-refractivity contribution >= 4 is 0 Å². The Morgan fingerprint density at radius 2 is 2.17 bits per heavy atom. The summed E-state index contributed by atoms with van der Waals surface area (Å²) in [4.78, 5) is 0. The summed E-state index contributed by atoms with van der Waals surface area (Å²) < 4.78 is 13.5. The highest BCUT2D eigenvalue weighted by atomic mass is 19.1. The summed E-state index contributed by atoms with van der Waals surface area (Å²) in [6.07, 6.45) is 5.15. The van der Waals surface area contributed by atoms with Crippen molar-refractivity contribution in [2.45, 2.75) is 58.5 Å². The van der Waals surface area contributed by atoms with Crippen LogP contribution < -0.4 is 5.32 Å². The van der Waals surface area contributed by atoms with E-state index in [1.807, 2.05) is 12.1 Å². The fourth-order valence-electron chi connectivity index (χ4n) is 2.93. The van der Waals surface area contributed by atoms with Crippen LogP contribution in [0.3, 0.4) is 0 Å². The van der Waals surface area contributed by atoms with E-state index in [-0.39, 0.29) is 11.9 Å². The predicted molar refractivity (Wildman–Crippen MR) is 74.1 cm³/mol. The number of rotatable bonds is 4. The number of aryl methyl sites for hydroxylation is 1. The van der Waals surface area contributed by atoms with E-state index in [1.165, 1.54) is 25.7 Å². The molecular weight excluding hydrogens is 225 g/mol. The molecule has 1 saturated carbocycles. The summed E-state index contributed by atoms with van der Waals surface area (Å²) in [5.41, 5.74) is 1.77. The first-order valence-electron chi connectivity index (χ1n) is 7.12. The van der Waals surface area contributed by atoms with Crippen LogP contribution in [0.25, 0.3) is 0 Å². The third-order valence-corrected chi connectivity index (χ3v) is 4.30. The SMILES string of the molecule is CCC1CCC(NC(C)c2ccc(C)c(F)c2)C1. The van der Waals surface area contributed by atoms with E-state index >= 15 is 0 Å². The van der Waals surface area contributed by atoms with Crippen molar-refractivity contribution in [1.82, 2.24) is 5.32 Å². The lowest BCUT2D eigenvalue weighted by Gasteiger charge is -2.20. The fourth-order valence-corrected chi connectivity index (χ4v) is 2.93. The Labute approximate surface area is 110 Å². The summed E-state index contributed by atoms with van der Waals surface area (Å²) in [7, 11) is 0. The first kappa shape index (κ1) is 13.5. The Morgan fingerprint density at radius 1 is 1.39 bits per heavy atom. The van der Waals surface area contributed by atoms with Gasteiger partial charge in [0, 0.05) is 12.1 Å². The Kier molecular flexibility index (Phi) is 4.39. The lowest BCUT2D eigenvalue weighted by molar-refractivity contribution is 0.436. The molecule has 1 nitrogen and oxygen atoms in total. The Hall–Kier alpha value is -0.890. The molecule has 0 spiro atoms. The lowest BCUT2D eigenvalue weighted by atomic mass is 10.0. The molecule has 0 aromatic heterocycles. The van der Waals surface area contributed by atoms with Gasteiger partial charge in [-0.25, -0.2) is 4.39 Å². The van der Waals surface area contributed by atoms with Gasteiger partial charge in [-0.15, -0.1) is 0 Å². The van der Waals surface area contributed by atoms with Crippen LogP contribution >= 0.6 is 0 Å². The smallest absolute Gasteiger partial charge is 0.126 e. The van der Waals surface area contributed by atoms with Gasteiger partial charge in [0.15, 0.2) is 0 Å². The van der Waals surface area contributed by atoms with Crippen molar-refractivity contribution < 1.29 is 4.39 Å². The van der Waals surface area contributed by atoms with Crippen LogP contribution in [0.1, 0.15) is 56.7 Å². The molecule has 1 aromatic rings. The third kappa shape index (κ3) is 3.11. The third-order valence-electron chi connectivity index (χ3n) is 4.30. The second-order valence-electron chi connectivity index (χ2n) is 5.68. The summed E-state index contributed by atoms with van der Waals surface area (Å²) in [5.74, 6) is 0.781. The molecule has 1 aliphatic carbocycles. The highest BCUT2D eigenvalue weighted by Gasteiger charge is 2.24. The second-order valence-corrected chi connectivity index (χ2v) is 5.68. The Bertz CT molecular complexity index is 402. The highest BCUT2D eigenvalue weighted by molar-refractivity contribution is 5.25. The average molecular weight is 249 g/mol. The molecule has 3 unspecified atom stereocenters. The molecule has 1 N–H and O–H groups in total. The minimum absolute atomic E-state index is 0.0981. The molecule has 3 atom stereocenters. The van der Waals surface area contributed by atoms with E-state index in [0.717, 1.165) is 17.0 Å². The molecular formula is C16H24FN. The van der Waals surface area contributed by atoms with Gasteiger partial charge in [0.25, 0.3) is 0 Å². The van der Waals surface area contributed by atoms with Crippen LogP contribution in [0.2, 0.25) is 0 Å². The number of hydrogen-bond donors (Lipinski definition) is 1. The fraction of sp³-hybridized carbons (Fsp3) is 0.625. The normalized spacial score (nSPS) is 25.3. The van der Waals surface area contributed by atoms with Gasteiger partial charge in [-0.2, -0.15) is 0 Å². The molecule has 0 saturated heterocycles. The molecule has 0 aliphatic heterocycles. The average Bonchev–Trinajstić information content (AvgIpc) is 2.80. The van der Waals surface area contributed by atoms with Gasteiger partial charge in [0.05, 0.1) is 0 Å². The molecule has 2 rings (SSSR count). The van der Waals surface area contributed by atoms with Crippen molar-refractivity contribution in [3.63, 3.8) is 0 Å². The summed E-state index contributed by atoms with van der Waals surface area (Å²) in [5, 5.41) is 3.64. The summed E-state index contributed by atoms with van der Waals surface area (Å²) in [6.45, 7) is 6.20. The molecule has 18 heavy (non-hydrogen) atoms. The molecule has 0 amide bonds. The van der Waals surface area contributed by atoms with Crippen molar-refractivity contribution in [1.29, 1.82) is 0 Å². The first-order valence-corrected chi connectivity index (χ1v) is 7.12. The predicted octanol–water partition coefficient (Wildman–Crippen LogP) is 4.36. The molecule has 100 valence electrons. The lowest BCUT2D eigenvalue weighted by Crippen LogP contribution is -2.29. The molecule has 0 radical (unpaired) electrons. The van der Waals surface area contributed by atoms with E-state index in [0.29, 0.717) is 6.04 Å². The molecule has 0 heterocycles. The summed E-state index contributed by atoms with van der Waals surface area (Å²) >= 11 is 0. The quantitative estimate of drug-likeness (QED) is 0.836. The van der Waals surface area contributed by atoms with Crippen LogP contribution in [-0.4, -0.2) is 6.04 Å². The molecule has 2 heteroatoms. The maximum Gasteiger partial charge on any atom is 0.126 e. The van der Waals surface area contributed by atoms with E-state index < -0.39 is 0 Å². The van der Waals surface area contributed by atoms with Gasteiger partial charge in [-0.1, -0.05) is 25.5 Å². The summed E-state index contributed by atoms with van der Waals surface area (Å²) in [6, 6.07) is 6.41.